The van der Waals surface area contributed by atoms with Crippen LogP contribution in [0, 0.1) is 13.8 Å². The number of nitrogens with zero attached hydrogens (tertiary/aromatic N) is 1. The van der Waals surface area contributed by atoms with E-state index in [4.69, 9.17) is 27.9 Å². The molecule has 0 saturated heterocycles. The first-order chi connectivity index (χ1) is 10.4. The quantitative estimate of drug-likeness (QED) is 0.674. The molecule has 0 spiro atoms. The van der Waals surface area contributed by atoms with Crippen molar-refractivity contribution in [3.05, 3.63) is 57.3 Å². The number of rotatable bonds is 3. The number of nitrogens with one attached hydrogen (secondary N) is 1. The zero-order chi connectivity index (χ0) is 15.9. The molecule has 0 fully saturated rings. The summed E-state index contributed by atoms with van der Waals surface area (Å²) in [6.07, 6.45) is -0.202. The van der Waals surface area contributed by atoms with Crippen LogP contribution in [-0.2, 0) is 0 Å². The van der Waals surface area contributed by atoms with Gasteiger partial charge in [0.05, 0.1) is 21.1 Å². The Kier molecular flexibility index (Phi) is 4.02. The average Bonchev–Trinajstić information content (AvgIpc) is 2.86. The SMILES string of the molecule is Cc1ccc(O[C@H](C)c2nc3cc(Cl)c(Cl)cc3[nH]2)cc1C. The summed E-state index contributed by atoms with van der Waals surface area (Å²) in [5.41, 5.74) is 4.07. The number of ether oxygens (including phenoxy) is 1. The Morgan fingerprint density at radius 2 is 1.77 bits per heavy atom. The van der Waals surface area contributed by atoms with E-state index in [2.05, 4.69) is 29.9 Å². The fraction of sp³-hybridized carbons (Fsp3) is 0.235. The van der Waals surface area contributed by atoms with E-state index in [0.717, 1.165) is 22.6 Å². The van der Waals surface area contributed by atoms with Crippen LogP contribution in [-0.4, -0.2) is 9.97 Å². The summed E-state index contributed by atoms with van der Waals surface area (Å²) < 4.78 is 5.97. The van der Waals surface area contributed by atoms with E-state index < -0.39 is 0 Å². The summed E-state index contributed by atoms with van der Waals surface area (Å²) in [4.78, 5) is 7.76. The van der Waals surface area contributed by atoms with Crippen molar-refractivity contribution in [3.8, 4) is 5.75 Å². The van der Waals surface area contributed by atoms with E-state index in [1.54, 1.807) is 12.1 Å². The number of fused-ring (bicyclic) bond motifs is 1. The standard InChI is InChI=1S/C17H16Cl2N2O/c1-9-4-5-12(6-10(9)2)22-11(3)17-20-15-7-13(18)14(19)8-16(15)21-17/h4-8,11H,1-3H3,(H,20,21)/t11-/m1/s1. The molecule has 1 heterocycles. The first-order valence-electron chi connectivity index (χ1n) is 7.02. The number of hydrogen-bond acceptors (Lipinski definition) is 2. The lowest BCUT2D eigenvalue weighted by atomic mass is 10.1. The molecule has 5 heteroatoms. The fourth-order valence-corrected chi connectivity index (χ4v) is 2.59. The minimum atomic E-state index is -0.202. The normalized spacial score (nSPS) is 12.6. The van der Waals surface area contributed by atoms with E-state index in [1.807, 2.05) is 19.1 Å². The van der Waals surface area contributed by atoms with Crippen LogP contribution in [0.3, 0.4) is 0 Å². The molecule has 2 aromatic carbocycles. The highest BCUT2D eigenvalue weighted by Crippen LogP contribution is 2.29. The van der Waals surface area contributed by atoms with Crippen LogP contribution in [0.25, 0.3) is 11.0 Å². The Labute approximate surface area is 139 Å². The van der Waals surface area contributed by atoms with Gasteiger partial charge in [-0.3, -0.25) is 0 Å². The van der Waals surface area contributed by atoms with Gasteiger partial charge in [-0.15, -0.1) is 0 Å². The smallest absolute Gasteiger partial charge is 0.153 e. The molecule has 0 aliphatic rings. The Morgan fingerprint density at radius 1 is 1.05 bits per heavy atom. The fourth-order valence-electron chi connectivity index (χ4n) is 2.26. The third kappa shape index (κ3) is 2.92. The van der Waals surface area contributed by atoms with Crippen molar-refractivity contribution in [3.63, 3.8) is 0 Å². The third-order valence-electron chi connectivity index (χ3n) is 3.72. The molecule has 0 saturated carbocycles. The molecular formula is C17H16Cl2N2O. The Hall–Kier alpha value is -1.71. The lowest BCUT2D eigenvalue weighted by molar-refractivity contribution is 0.218. The average molecular weight is 335 g/mol. The summed E-state index contributed by atoms with van der Waals surface area (Å²) in [7, 11) is 0. The lowest BCUT2D eigenvalue weighted by Crippen LogP contribution is -2.05. The van der Waals surface area contributed by atoms with E-state index in [1.165, 1.54) is 11.1 Å². The van der Waals surface area contributed by atoms with Gasteiger partial charge in [-0.1, -0.05) is 29.3 Å². The Balaban J connectivity index is 1.88. The van der Waals surface area contributed by atoms with Crippen LogP contribution < -0.4 is 4.74 Å². The van der Waals surface area contributed by atoms with E-state index in [0.29, 0.717) is 10.0 Å². The van der Waals surface area contributed by atoms with Crippen molar-refractivity contribution in [2.45, 2.75) is 26.9 Å². The molecule has 3 aromatic rings. The highest BCUT2D eigenvalue weighted by Gasteiger charge is 2.14. The maximum atomic E-state index is 6.03. The number of aryl methyl sites for hydroxylation is 2. The molecule has 0 unspecified atom stereocenters. The third-order valence-corrected chi connectivity index (χ3v) is 4.44. The monoisotopic (exact) mass is 334 g/mol. The van der Waals surface area contributed by atoms with Crippen LogP contribution in [0.15, 0.2) is 30.3 Å². The second-order valence-corrected chi connectivity index (χ2v) is 6.23. The molecule has 1 aromatic heterocycles. The van der Waals surface area contributed by atoms with E-state index >= 15 is 0 Å². The second-order valence-electron chi connectivity index (χ2n) is 5.41. The predicted octanol–water partition coefficient (Wildman–Crippen LogP) is 5.63. The van der Waals surface area contributed by atoms with Crippen molar-refractivity contribution in [1.29, 1.82) is 0 Å². The number of aromatic amines is 1. The molecule has 1 N–H and O–H groups in total. The summed E-state index contributed by atoms with van der Waals surface area (Å²) in [6.45, 7) is 6.10. The highest BCUT2D eigenvalue weighted by atomic mass is 35.5. The topological polar surface area (TPSA) is 37.9 Å². The van der Waals surface area contributed by atoms with E-state index in [9.17, 15) is 0 Å². The van der Waals surface area contributed by atoms with Gasteiger partial charge in [0.15, 0.2) is 6.10 Å². The van der Waals surface area contributed by atoms with Gasteiger partial charge in [0.2, 0.25) is 0 Å². The number of benzene rings is 2. The van der Waals surface area contributed by atoms with Gasteiger partial charge in [0, 0.05) is 0 Å². The van der Waals surface area contributed by atoms with Gasteiger partial charge in [-0.25, -0.2) is 4.98 Å². The van der Waals surface area contributed by atoms with Crippen molar-refractivity contribution in [2.75, 3.05) is 0 Å². The predicted molar refractivity (Wildman–Crippen MR) is 91.1 cm³/mol. The maximum absolute atomic E-state index is 6.03. The first kappa shape index (κ1) is 15.2. The van der Waals surface area contributed by atoms with Gasteiger partial charge >= 0.3 is 0 Å². The highest BCUT2D eigenvalue weighted by molar-refractivity contribution is 6.42. The molecule has 3 nitrogen and oxygen atoms in total. The van der Waals surface area contributed by atoms with Crippen molar-refractivity contribution >= 4 is 34.2 Å². The van der Waals surface area contributed by atoms with Crippen molar-refractivity contribution in [1.82, 2.24) is 9.97 Å². The zero-order valence-electron chi connectivity index (χ0n) is 12.6. The van der Waals surface area contributed by atoms with Crippen LogP contribution >= 0.6 is 23.2 Å². The molecule has 0 amide bonds. The number of aromatic nitrogens is 2. The maximum Gasteiger partial charge on any atom is 0.153 e. The first-order valence-corrected chi connectivity index (χ1v) is 7.78. The molecule has 22 heavy (non-hydrogen) atoms. The molecule has 0 radical (unpaired) electrons. The summed E-state index contributed by atoms with van der Waals surface area (Å²) >= 11 is 12.0. The largest absolute Gasteiger partial charge is 0.483 e. The molecule has 0 bridgehead atoms. The zero-order valence-corrected chi connectivity index (χ0v) is 14.1. The second kappa shape index (κ2) is 5.82. The Bertz CT molecular complexity index is 803. The molecule has 1 atom stereocenters. The Morgan fingerprint density at radius 3 is 2.50 bits per heavy atom. The van der Waals surface area contributed by atoms with Crippen LogP contribution in [0.4, 0.5) is 0 Å². The number of hydrogen-bond donors (Lipinski definition) is 1. The van der Waals surface area contributed by atoms with Gasteiger partial charge in [-0.2, -0.15) is 0 Å². The van der Waals surface area contributed by atoms with Gasteiger partial charge in [0.25, 0.3) is 0 Å². The summed E-state index contributed by atoms with van der Waals surface area (Å²) in [5.74, 6) is 1.57. The van der Waals surface area contributed by atoms with Gasteiger partial charge in [0.1, 0.15) is 11.6 Å². The lowest BCUT2D eigenvalue weighted by Gasteiger charge is -2.13. The minimum Gasteiger partial charge on any atom is -0.483 e. The van der Waals surface area contributed by atoms with Crippen molar-refractivity contribution < 1.29 is 4.74 Å². The van der Waals surface area contributed by atoms with Crippen LogP contribution in [0.2, 0.25) is 10.0 Å². The number of halogens is 2. The molecular weight excluding hydrogens is 319 g/mol. The van der Waals surface area contributed by atoms with E-state index in [-0.39, 0.29) is 6.10 Å². The van der Waals surface area contributed by atoms with Crippen molar-refractivity contribution in [2.24, 2.45) is 0 Å². The molecule has 0 aliphatic carbocycles. The summed E-state index contributed by atoms with van der Waals surface area (Å²) in [5, 5.41) is 1.00. The number of imidazole rings is 1. The number of H-pyrrole nitrogens is 1. The summed E-state index contributed by atoms with van der Waals surface area (Å²) in [6, 6.07) is 9.58. The van der Waals surface area contributed by atoms with Gasteiger partial charge in [-0.05, 0) is 56.2 Å². The van der Waals surface area contributed by atoms with Crippen LogP contribution in [0.5, 0.6) is 5.75 Å². The molecule has 3 rings (SSSR count). The van der Waals surface area contributed by atoms with Gasteiger partial charge < -0.3 is 9.72 Å². The minimum absolute atomic E-state index is 0.202. The molecule has 114 valence electrons. The van der Waals surface area contributed by atoms with Crippen LogP contribution in [0.1, 0.15) is 30.0 Å². The molecule has 0 aliphatic heterocycles.